The minimum absolute atomic E-state index is 0.933. The van der Waals surface area contributed by atoms with E-state index in [1.54, 1.807) is 12.4 Å². The van der Waals surface area contributed by atoms with Gasteiger partial charge in [0.1, 0.15) is 0 Å². The molecule has 1 aliphatic heterocycles. The van der Waals surface area contributed by atoms with Gasteiger partial charge in [0, 0.05) is 0 Å². The van der Waals surface area contributed by atoms with Crippen LogP contribution in [0.2, 0.25) is 0 Å². The van der Waals surface area contributed by atoms with Crippen LogP contribution in [0.5, 0.6) is 0 Å². The molecule has 0 aromatic rings. The molecule has 3 heteroatoms. The van der Waals surface area contributed by atoms with E-state index in [-0.39, 0.29) is 0 Å². The van der Waals surface area contributed by atoms with Gasteiger partial charge in [0.05, 0.1) is 0 Å². The molecular formula is C3H2N2Zr+2. The second-order valence-corrected chi connectivity index (χ2v) is 1.98. The maximum absolute atomic E-state index is 3.85. The second-order valence-electron chi connectivity index (χ2n) is 0.880. The van der Waals surface area contributed by atoms with Gasteiger partial charge in [-0.05, 0) is 0 Å². The Labute approximate surface area is 50.3 Å². The fraction of sp³-hybridized carbons (Fsp3) is 0. The van der Waals surface area contributed by atoms with Gasteiger partial charge in [0.25, 0.3) is 0 Å². The van der Waals surface area contributed by atoms with E-state index in [1.807, 2.05) is 0 Å². The van der Waals surface area contributed by atoms with Gasteiger partial charge in [-0.2, -0.15) is 0 Å². The number of hydrogen-bond donors (Lipinski definition) is 0. The maximum atomic E-state index is 3.85. The Morgan fingerprint density at radius 1 is 1.33 bits per heavy atom. The Hall–Kier alpha value is 0.0931. The summed E-state index contributed by atoms with van der Waals surface area (Å²) in [6, 6.07) is 0. The van der Waals surface area contributed by atoms with Crippen molar-refractivity contribution in [3.63, 3.8) is 0 Å². The van der Waals surface area contributed by atoms with Gasteiger partial charge in [-0.1, -0.05) is 0 Å². The summed E-state index contributed by atoms with van der Waals surface area (Å²) in [6.07, 6.45) is 3.40. The third kappa shape index (κ3) is 0.778. The van der Waals surface area contributed by atoms with E-state index in [9.17, 15) is 0 Å². The molecule has 0 radical (unpaired) electrons. The van der Waals surface area contributed by atoms with Crippen molar-refractivity contribution in [2.75, 3.05) is 0 Å². The van der Waals surface area contributed by atoms with Crippen LogP contribution in [0.15, 0.2) is 9.98 Å². The SMILES string of the molecule is [Zr+2]=[C]1N=CC=N1. The fourth-order valence-electron chi connectivity index (χ4n) is 0.241. The molecule has 26 valence electrons. The monoisotopic (exact) mass is 156 g/mol. The second kappa shape index (κ2) is 1.70. The number of rotatable bonds is 0. The minimum atomic E-state index is 0.933. The van der Waals surface area contributed by atoms with Crippen LogP contribution in [-0.2, 0) is 24.2 Å². The molecular weight excluding hydrogens is 155 g/mol. The Morgan fingerprint density at radius 2 is 1.83 bits per heavy atom. The van der Waals surface area contributed by atoms with Crippen LogP contribution in [0.25, 0.3) is 0 Å². The molecule has 0 N–H and O–H groups in total. The van der Waals surface area contributed by atoms with E-state index in [0.29, 0.717) is 0 Å². The molecule has 0 fully saturated rings. The Bertz CT molecular complexity index is 111. The summed E-state index contributed by atoms with van der Waals surface area (Å²) in [7, 11) is 0. The third-order valence-corrected chi connectivity index (χ3v) is 1.09. The average molecular weight is 157 g/mol. The first-order valence-electron chi connectivity index (χ1n) is 1.55. The zero-order valence-electron chi connectivity index (χ0n) is 3.05. The van der Waals surface area contributed by atoms with Crippen molar-refractivity contribution in [2.45, 2.75) is 0 Å². The predicted octanol–water partition coefficient (Wildman–Crippen LogP) is -0.224. The van der Waals surface area contributed by atoms with Crippen molar-refractivity contribution in [3.05, 3.63) is 0 Å². The summed E-state index contributed by atoms with van der Waals surface area (Å²) in [4.78, 5) is 7.69. The molecule has 1 aliphatic rings. The van der Waals surface area contributed by atoms with Crippen molar-refractivity contribution in [1.82, 2.24) is 0 Å². The number of nitrogens with zero attached hydrogens (tertiary/aromatic N) is 2. The van der Waals surface area contributed by atoms with Crippen LogP contribution in [0, 0.1) is 0 Å². The molecule has 6 heavy (non-hydrogen) atoms. The summed E-state index contributed by atoms with van der Waals surface area (Å²) in [5, 5.41) is 0. The Kier molecular flexibility index (Phi) is 1.20. The van der Waals surface area contributed by atoms with Crippen LogP contribution in [-0.4, -0.2) is 15.9 Å². The summed E-state index contributed by atoms with van der Waals surface area (Å²) in [5.41, 5.74) is 0. The standard InChI is InChI=1S/C3H2N2.Zr/c1-2-5-3-4-1;/h1-2H;/q;+2. The Morgan fingerprint density at radius 3 is 2.00 bits per heavy atom. The van der Waals surface area contributed by atoms with Crippen LogP contribution < -0.4 is 0 Å². The number of aliphatic imine (C=N–C) groups is 2. The van der Waals surface area contributed by atoms with Gasteiger partial charge in [0.15, 0.2) is 0 Å². The molecule has 0 aromatic heterocycles. The summed E-state index contributed by atoms with van der Waals surface area (Å²) >= 11 is 1.29. The van der Waals surface area contributed by atoms with Crippen molar-refractivity contribution in [3.8, 4) is 0 Å². The summed E-state index contributed by atoms with van der Waals surface area (Å²) < 4.78 is 0.933. The van der Waals surface area contributed by atoms with Crippen LogP contribution >= 0.6 is 0 Å². The first-order chi connectivity index (χ1) is 2.89. The van der Waals surface area contributed by atoms with Crippen LogP contribution in [0.1, 0.15) is 0 Å². The molecule has 0 aromatic carbocycles. The van der Waals surface area contributed by atoms with Crippen molar-refractivity contribution in [2.24, 2.45) is 9.98 Å². The van der Waals surface area contributed by atoms with Crippen molar-refractivity contribution in [1.29, 1.82) is 0 Å². The van der Waals surface area contributed by atoms with E-state index in [4.69, 9.17) is 0 Å². The molecule has 1 rings (SSSR count). The van der Waals surface area contributed by atoms with Gasteiger partial charge in [-0.25, -0.2) is 0 Å². The van der Waals surface area contributed by atoms with E-state index in [1.165, 1.54) is 24.2 Å². The molecule has 0 bridgehead atoms. The van der Waals surface area contributed by atoms with E-state index in [2.05, 4.69) is 9.98 Å². The van der Waals surface area contributed by atoms with E-state index in [0.717, 1.165) is 3.45 Å². The third-order valence-electron chi connectivity index (χ3n) is 0.460. The summed E-state index contributed by atoms with van der Waals surface area (Å²) in [5.74, 6) is 0. The van der Waals surface area contributed by atoms with Gasteiger partial charge < -0.3 is 0 Å². The average Bonchev–Trinajstić information content (AvgIpc) is 1.86. The van der Waals surface area contributed by atoms with Crippen molar-refractivity contribution < 1.29 is 24.2 Å². The molecule has 0 unspecified atom stereocenters. The molecule has 0 spiro atoms. The zero-order valence-corrected chi connectivity index (χ0v) is 5.51. The van der Waals surface area contributed by atoms with Gasteiger partial charge in [-0.3, -0.25) is 0 Å². The van der Waals surface area contributed by atoms with Crippen LogP contribution in [0.3, 0.4) is 0 Å². The summed E-state index contributed by atoms with van der Waals surface area (Å²) in [6.45, 7) is 0. The van der Waals surface area contributed by atoms with Gasteiger partial charge >= 0.3 is 50.1 Å². The molecule has 2 nitrogen and oxygen atoms in total. The Balaban J connectivity index is 2.86. The molecule has 0 atom stereocenters. The molecule has 0 amide bonds. The van der Waals surface area contributed by atoms with Gasteiger partial charge in [-0.15, -0.1) is 0 Å². The van der Waals surface area contributed by atoms with Crippen LogP contribution in [0.4, 0.5) is 0 Å². The van der Waals surface area contributed by atoms with E-state index < -0.39 is 0 Å². The number of hydrogen-bond acceptors (Lipinski definition) is 2. The first kappa shape index (κ1) is 4.26. The van der Waals surface area contributed by atoms with Gasteiger partial charge in [0.2, 0.25) is 0 Å². The molecule has 1 heterocycles. The zero-order chi connectivity index (χ0) is 4.41. The molecule has 0 aliphatic carbocycles. The molecule has 0 saturated heterocycles. The quantitative estimate of drug-likeness (QED) is 0.464. The predicted molar refractivity (Wildman–Crippen MR) is 22.0 cm³/mol. The van der Waals surface area contributed by atoms with E-state index >= 15 is 0 Å². The topological polar surface area (TPSA) is 24.7 Å². The fourth-order valence-corrected chi connectivity index (χ4v) is 0.608. The molecule has 0 saturated carbocycles. The first-order valence-corrected chi connectivity index (χ1v) is 2.78. The normalized spacial score (nSPS) is 17.3. The van der Waals surface area contributed by atoms with Crippen molar-refractivity contribution >= 4 is 15.9 Å².